The van der Waals surface area contributed by atoms with E-state index in [1.165, 1.54) is 0 Å². The molecular formula is C20H22ClN3. The molecule has 0 aliphatic rings. The van der Waals surface area contributed by atoms with Crippen molar-refractivity contribution in [2.24, 2.45) is 0 Å². The summed E-state index contributed by atoms with van der Waals surface area (Å²) in [5.41, 5.74) is 1.82. The first-order valence-electron chi connectivity index (χ1n) is 8.51. The molecule has 0 radical (unpaired) electrons. The van der Waals surface area contributed by atoms with Gasteiger partial charge >= 0.3 is 0 Å². The fourth-order valence-electron chi connectivity index (χ4n) is 2.83. The number of anilines is 1. The monoisotopic (exact) mass is 339 g/mol. The van der Waals surface area contributed by atoms with Crippen molar-refractivity contribution in [2.45, 2.75) is 26.7 Å². The van der Waals surface area contributed by atoms with Crippen molar-refractivity contribution < 1.29 is 0 Å². The summed E-state index contributed by atoms with van der Waals surface area (Å²) in [6, 6.07) is 15.9. The Morgan fingerprint density at radius 1 is 0.958 bits per heavy atom. The third kappa shape index (κ3) is 3.36. The number of aromatic nitrogens is 2. The summed E-state index contributed by atoms with van der Waals surface area (Å²) >= 11 is 6.37. The molecule has 0 saturated heterocycles. The van der Waals surface area contributed by atoms with Crippen LogP contribution >= 0.6 is 11.6 Å². The summed E-state index contributed by atoms with van der Waals surface area (Å²) in [6.07, 6.45) is 2.31. The van der Waals surface area contributed by atoms with E-state index in [0.29, 0.717) is 10.8 Å². The number of hydrogen-bond donors (Lipinski definition) is 0. The molecule has 1 heterocycles. The first-order valence-corrected chi connectivity index (χ1v) is 8.89. The number of nitrogens with zero attached hydrogens (tertiary/aromatic N) is 3. The van der Waals surface area contributed by atoms with E-state index in [1.807, 2.05) is 42.5 Å². The molecule has 3 nitrogen and oxygen atoms in total. The highest BCUT2D eigenvalue weighted by atomic mass is 35.5. The van der Waals surface area contributed by atoms with Crippen LogP contribution in [0, 0.1) is 0 Å². The summed E-state index contributed by atoms with van der Waals surface area (Å²) in [6.45, 7) is 6.29. The normalized spacial score (nSPS) is 11.0. The second kappa shape index (κ2) is 7.63. The number of halogens is 1. The molecule has 0 spiro atoms. The average molecular weight is 340 g/mol. The molecule has 3 rings (SSSR count). The molecule has 0 fully saturated rings. The molecule has 0 aliphatic carbocycles. The fourth-order valence-corrected chi connectivity index (χ4v) is 3.05. The van der Waals surface area contributed by atoms with Gasteiger partial charge in [-0.15, -0.1) is 0 Å². The van der Waals surface area contributed by atoms with E-state index in [0.717, 1.165) is 48.2 Å². The predicted molar refractivity (Wildman–Crippen MR) is 103 cm³/mol. The van der Waals surface area contributed by atoms with Crippen LogP contribution in [0.15, 0.2) is 48.5 Å². The van der Waals surface area contributed by atoms with Crippen molar-refractivity contribution in [1.29, 1.82) is 0 Å². The summed E-state index contributed by atoms with van der Waals surface area (Å²) in [4.78, 5) is 12.0. The number of unbranched alkanes of at least 4 members (excludes halogenated alkanes) is 1. The Labute approximate surface area is 148 Å². The second-order valence-electron chi connectivity index (χ2n) is 5.80. The number of benzene rings is 2. The Bertz CT molecular complexity index is 832. The van der Waals surface area contributed by atoms with Crippen LogP contribution in [-0.4, -0.2) is 23.1 Å². The van der Waals surface area contributed by atoms with Crippen LogP contribution in [0.5, 0.6) is 0 Å². The molecule has 0 bridgehead atoms. The van der Waals surface area contributed by atoms with E-state index >= 15 is 0 Å². The topological polar surface area (TPSA) is 29.0 Å². The minimum absolute atomic E-state index is 0.676. The largest absolute Gasteiger partial charge is 0.356 e. The van der Waals surface area contributed by atoms with Crippen LogP contribution in [0.2, 0.25) is 5.02 Å². The van der Waals surface area contributed by atoms with Crippen LogP contribution in [0.4, 0.5) is 5.82 Å². The third-order valence-electron chi connectivity index (χ3n) is 4.16. The molecule has 2 aromatic carbocycles. The second-order valence-corrected chi connectivity index (χ2v) is 6.21. The van der Waals surface area contributed by atoms with E-state index < -0.39 is 0 Å². The highest BCUT2D eigenvalue weighted by molar-refractivity contribution is 6.33. The van der Waals surface area contributed by atoms with Crippen molar-refractivity contribution >= 4 is 28.3 Å². The fraction of sp³-hybridized carbons (Fsp3) is 0.300. The lowest BCUT2D eigenvalue weighted by atomic mass is 10.1. The van der Waals surface area contributed by atoms with Crippen molar-refractivity contribution in [3.8, 4) is 11.4 Å². The molecule has 0 aliphatic heterocycles. The smallest absolute Gasteiger partial charge is 0.163 e. The van der Waals surface area contributed by atoms with Crippen molar-refractivity contribution in [1.82, 2.24) is 9.97 Å². The molecule has 4 heteroatoms. The zero-order valence-corrected chi connectivity index (χ0v) is 14.9. The molecule has 0 amide bonds. The maximum atomic E-state index is 6.37. The first-order chi connectivity index (χ1) is 11.7. The first kappa shape index (κ1) is 16.7. The average Bonchev–Trinajstić information content (AvgIpc) is 2.62. The Morgan fingerprint density at radius 2 is 1.71 bits per heavy atom. The predicted octanol–water partition coefficient (Wildman–Crippen LogP) is 5.58. The molecule has 0 unspecified atom stereocenters. The van der Waals surface area contributed by atoms with E-state index in [9.17, 15) is 0 Å². The van der Waals surface area contributed by atoms with Crippen LogP contribution in [0.25, 0.3) is 22.3 Å². The number of fused-ring (bicyclic) bond motifs is 1. The maximum Gasteiger partial charge on any atom is 0.163 e. The van der Waals surface area contributed by atoms with Gasteiger partial charge in [0, 0.05) is 24.0 Å². The van der Waals surface area contributed by atoms with Crippen LogP contribution in [0.3, 0.4) is 0 Å². The Hall–Kier alpha value is -2.13. The highest BCUT2D eigenvalue weighted by Gasteiger charge is 2.15. The van der Waals surface area contributed by atoms with E-state index in [4.69, 9.17) is 21.6 Å². The highest BCUT2D eigenvalue weighted by Crippen LogP contribution is 2.30. The van der Waals surface area contributed by atoms with Gasteiger partial charge in [0.1, 0.15) is 5.82 Å². The van der Waals surface area contributed by atoms with Gasteiger partial charge in [-0.2, -0.15) is 0 Å². The summed E-state index contributed by atoms with van der Waals surface area (Å²) in [5.74, 6) is 1.68. The molecule has 124 valence electrons. The van der Waals surface area contributed by atoms with Crippen LogP contribution < -0.4 is 4.90 Å². The van der Waals surface area contributed by atoms with E-state index in [-0.39, 0.29) is 0 Å². The lowest BCUT2D eigenvalue weighted by Crippen LogP contribution is -2.25. The molecule has 0 atom stereocenters. The molecule has 0 N–H and O–H groups in total. The van der Waals surface area contributed by atoms with Gasteiger partial charge in [0.05, 0.1) is 10.5 Å². The molecule has 24 heavy (non-hydrogen) atoms. The van der Waals surface area contributed by atoms with Gasteiger partial charge < -0.3 is 4.90 Å². The Balaban J connectivity index is 2.18. The van der Waals surface area contributed by atoms with Gasteiger partial charge in [-0.1, -0.05) is 49.2 Å². The zero-order valence-electron chi connectivity index (χ0n) is 14.2. The summed E-state index contributed by atoms with van der Waals surface area (Å²) in [7, 11) is 0. The molecule has 0 saturated carbocycles. The third-order valence-corrected chi connectivity index (χ3v) is 4.49. The van der Waals surface area contributed by atoms with E-state index in [2.05, 4.69) is 24.8 Å². The van der Waals surface area contributed by atoms with Crippen molar-refractivity contribution in [3.63, 3.8) is 0 Å². The lowest BCUT2D eigenvalue weighted by Gasteiger charge is -2.23. The van der Waals surface area contributed by atoms with Crippen molar-refractivity contribution in [3.05, 3.63) is 53.6 Å². The van der Waals surface area contributed by atoms with E-state index in [1.54, 1.807) is 0 Å². The quantitative estimate of drug-likeness (QED) is 0.587. The Morgan fingerprint density at radius 3 is 2.46 bits per heavy atom. The minimum atomic E-state index is 0.676. The molecule has 3 aromatic rings. The van der Waals surface area contributed by atoms with Gasteiger partial charge in [0.15, 0.2) is 5.82 Å². The zero-order chi connectivity index (χ0) is 16.9. The standard InChI is InChI=1S/C20H22ClN3/c1-3-5-14-24(4-2)20-16-11-7-9-13-18(16)22-19(23-20)15-10-6-8-12-17(15)21/h6-13H,3-5,14H2,1-2H3. The lowest BCUT2D eigenvalue weighted by molar-refractivity contribution is 0.726. The number of rotatable bonds is 6. The Kier molecular flexibility index (Phi) is 5.31. The van der Waals surface area contributed by atoms with Gasteiger partial charge in [0.2, 0.25) is 0 Å². The maximum absolute atomic E-state index is 6.37. The molecular weight excluding hydrogens is 318 g/mol. The SMILES string of the molecule is CCCCN(CC)c1nc(-c2ccccc2Cl)nc2ccccc12. The van der Waals surface area contributed by atoms with Crippen molar-refractivity contribution in [2.75, 3.05) is 18.0 Å². The molecule has 1 aromatic heterocycles. The van der Waals surface area contributed by atoms with Crippen LogP contribution in [0.1, 0.15) is 26.7 Å². The minimum Gasteiger partial charge on any atom is -0.356 e. The number of hydrogen-bond acceptors (Lipinski definition) is 3. The summed E-state index contributed by atoms with van der Waals surface area (Å²) in [5, 5.41) is 1.77. The summed E-state index contributed by atoms with van der Waals surface area (Å²) < 4.78 is 0. The van der Waals surface area contributed by atoms with Gasteiger partial charge in [0.25, 0.3) is 0 Å². The van der Waals surface area contributed by atoms with Gasteiger partial charge in [-0.05, 0) is 37.6 Å². The number of para-hydroxylation sites is 1. The van der Waals surface area contributed by atoms with Crippen LogP contribution in [-0.2, 0) is 0 Å². The van der Waals surface area contributed by atoms with Gasteiger partial charge in [-0.3, -0.25) is 0 Å². The van der Waals surface area contributed by atoms with Gasteiger partial charge in [-0.25, -0.2) is 9.97 Å².